The minimum atomic E-state index is -1.35. The average Bonchev–Trinajstić information content (AvgIpc) is 3.47. The molecular weight excluding hydrogens is 631 g/mol. The molecule has 0 aliphatic carbocycles. The van der Waals surface area contributed by atoms with Crippen LogP contribution in [0.4, 0.5) is 10.3 Å². The second-order valence-corrected chi connectivity index (χ2v) is 13.6. The van der Waals surface area contributed by atoms with Gasteiger partial charge in [0.1, 0.15) is 23.6 Å². The Kier molecular flexibility index (Phi) is 11.0. The molecule has 3 heterocycles. The highest BCUT2D eigenvalue weighted by Gasteiger charge is 2.21. The van der Waals surface area contributed by atoms with E-state index in [1.165, 1.54) is 18.0 Å². The van der Waals surface area contributed by atoms with E-state index in [9.17, 15) is 14.3 Å². The summed E-state index contributed by atoms with van der Waals surface area (Å²) in [5.41, 5.74) is 4.51. The molecule has 0 spiro atoms. The van der Waals surface area contributed by atoms with E-state index in [1.807, 2.05) is 38.1 Å². The first-order valence-corrected chi connectivity index (χ1v) is 16.7. The lowest BCUT2D eigenvalue weighted by molar-refractivity contribution is 0.0696. The Morgan fingerprint density at radius 3 is 2.52 bits per heavy atom. The van der Waals surface area contributed by atoms with Crippen LogP contribution in [0.1, 0.15) is 79.4 Å². The third-order valence-electron chi connectivity index (χ3n) is 7.75. The van der Waals surface area contributed by atoms with Gasteiger partial charge in [0.25, 0.3) is 0 Å². The molecule has 0 bridgehead atoms. The molecule has 5 aromatic rings. The molecule has 0 aliphatic rings. The first kappa shape index (κ1) is 34.8. The Morgan fingerprint density at radius 1 is 1.06 bits per heavy atom. The fourth-order valence-corrected chi connectivity index (χ4v) is 5.77. The van der Waals surface area contributed by atoms with Crippen LogP contribution in [0, 0.1) is 13.8 Å². The van der Waals surface area contributed by atoms with Crippen LogP contribution in [-0.2, 0) is 6.54 Å². The van der Waals surface area contributed by atoms with Gasteiger partial charge in [-0.05, 0) is 81.8 Å². The summed E-state index contributed by atoms with van der Waals surface area (Å²) in [6.45, 7) is 11.9. The molecule has 1 unspecified atom stereocenters. The van der Waals surface area contributed by atoms with Crippen molar-refractivity contribution < 1.29 is 23.4 Å². The molecule has 0 aliphatic heterocycles. The number of alkyl halides is 1. The molecule has 12 heteroatoms. The standard InChI is InChI=1S/C36H41FN6O4S/c1-21(2)30-16-29-33(47-30)39-19-26(40-29)18-38-25(13-14-36(5,6)37)20-46-31-17-28(32-22(3)9-7-10-23(32)4)41-35(42-31)43-48-27-12-8-11-24(15-27)34(44)45/h7-12,15-17,19,21,25,38H,13-14,18,20H2,1-6H3,(H,44,45)(H,41,42,43). The summed E-state index contributed by atoms with van der Waals surface area (Å²) < 4.78 is 29.9. The number of nitrogens with zero attached hydrogens (tertiary/aromatic N) is 4. The van der Waals surface area contributed by atoms with Crippen LogP contribution in [0.3, 0.4) is 0 Å². The third kappa shape index (κ3) is 9.29. The van der Waals surface area contributed by atoms with Crippen LogP contribution in [0.2, 0.25) is 0 Å². The van der Waals surface area contributed by atoms with Gasteiger partial charge >= 0.3 is 5.97 Å². The number of nitrogens with one attached hydrogen (secondary N) is 2. The first-order valence-electron chi connectivity index (χ1n) is 15.9. The van der Waals surface area contributed by atoms with Gasteiger partial charge in [0.15, 0.2) is 0 Å². The number of anilines is 1. The number of carbonyl (C=O) groups is 1. The number of rotatable bonds is 15. The van der Waals surface area contributed by atoms with E-state index in [0.29, 0.717) is 53.0 Å². The monoisotopic (exact) mass is 672 g/mol. The van der Waals surface area contributed by atoms with Crippen molar-refractivity contribution in [1.82, 2.24) is 25.3 Å². The molecule has 48 heavy (non-hydrogen) atoms. The average molecular weight is 673 g/mol. The van der Waals surface area contributed by atoms with Crippen molar-refractivity contribution in [3.8, 4) is 17.1 Å². The van der Waals surface area contributed by atoms with Crippen molar-refractivity contribution in [3.63, 3.8) is 0 Å². The number of benzene rings is 2. The van der Waals surface area contributed by atoms with Gasteiger partial charge in [-0.25, -0.2) is 24.1 Å². The molecule has 3 aromatic heterocycles. The van der Waals surface area contributed by atoms with Crippen LogP contribution in [0.15, 0.2) is 70.1 Å². The normalized spacial score (nSPS) is 12.4. The first-order chi connectivity index (χ1) is 22.8. The number of aromatic carboxylic acids is 1. The Labute approximate surface area is 284 Å². The number of hydrogen-bond acceptors (Lipinski definition) is 10. The fourth-order valence-electron chi connectivity index (χ4n) is 5.13. The fraction of sp³-hybridized carbons (Fsp3) is 0.361. The van der Waals surface area contributed by atoms with Gasteiger partial charge in [0.05, 0.1) is 23.1 Å². The number of ether oxygens (including phenoxy) is 1. The number of aryl methyl sites for hydroxylation is 2. The summed E-state index contributed by atoms with van der Waals surface area (Å²) >= 11 is 1.20. The molecule has 1 atom stereocenters. The summed E-state index contributed by atoms with van der Waals surface area (Å²) in [5, 5.41) is 12.9. The van der Waals surface area contributed by atoms with Gasteiger partial charge in [-0.15, -0.1) is 0 Å². The predicted molar refractivity (Wildman–Crippen MR) is 186 cm³/mol. The van der Waals surface area contributed by atoms with Gasteiger partial charge in [-0.2, -0.15) is 4.98 Å². The Bertz CT molecular complexity index is 1870. The van der Waals surface area contributed by atoms with E-state index >= 15 is 0 Å². The van der Waals surface area contributed by atoms with Gasteiger partial charge in [-0.3, -0.25) is 4.72 Å². The summed E-state index contributed by atoms with van der Waals surface area (Å²) in [6.07, 6.45) is 2.52. The minimum Gasteiger partial charge on any atom is -0.478 e. The van der Waals surface area contributed by atoms with Crippen molar-refractivity contribution in [2.75, 3.05) is 11.3 Å². The zero-order valence-electron chi connectivity index (χ0n) is 28.0. The van der Waals surface area contributed by atoms with E-state index < -0.39 is 11.6 Å². The van der Waals surface area contributed by atoms with Gasteiger partial charge in [0.2, 0.25) is 17.5 Å². The van der Waals surface area contributed by atoms with E-state index in [4.69, 9.17) is 19.1 Å². The molecule has 0 saturated heterocycles. The lowest BCUT2D eigenvalue weighted by atomic mass is 10.00. The van der Waals surface area contributed by atoms with Crippen molar-refractivity contribution in [2.24, 2.45) is 0 Å². The Hall–Kier alpha value is -4.55. The largest absolute Gasteiger partial charge is 0.478 e. The number of halogens is 1. The SMILES string of the molecule is Cc1cccc(C)c1-c1cc(OCC(CCC(C)(C)F)NCc2cnc3oc(C(C)C)cc3n2)nc(NSc2cccc(C(=O)O)c2)n1. The zero-order chi connectivity index (χ0) is 34.4. The van der Waals surface area contributed by atoms with Crippen molar-refractivity contribution in [3.05, 3.63) is 88.9 Å². The molecule has 0 radical (unpaired) electrons. The topological polar surface area (TPSA) is 135 Å². The number of aromatic nitrogens is 4. The summed E-state index contributed by atoms with van der Waals surface area (Å²) in [4.78, 5) is 30.7. The highest BCUT2D eigenvalue weighted by atomic mass is 32.2. The molecule has 0 amide bonds. The van der Waals surface area contributed by atoms with E-state index in [1.54, 1.807) is 44.3 Å². The van der Waals surface area contributed by atoms with Gasteiger partial charge in [0, 0.05) is 41.1 Å². The molecule has 5 rings (SSSR count). The Balaban J connectivity index is 1.36. The van der Waals surface area contributed by atoms with Crippen LogP contribution >= 0.6 is 11.9 Å². The smallest absolute Gasteiger partial charge is 0.335 e. The van der Waals surface area contributed by atoms with Crippen molar-refractivity contribution >= 4 is 35.1 Å². The van der Waals surface area contributed by atoms with Crippen LogP contribution in [0.25, 0.3) is 22.5 Å². The molecule has 3 N–H and O–H groups in total. The highest BCUT2D eigenvalue weighted by molar-refractivity contribution is 8.00. The van der Waals surface area contributed by atoms with Gasteiger partial charge in [-0.1, -0.05) is 38.1 Å². The van der Waals surface area contributed by atoms with E-state index in [0.717, 1.165) is 28.1 Å². The molecule has 10 nitrogen and oxygen atoms in total. The lowest BCUT2D eigenvalue weighted by Gasteiger charge is -2.22. The molecule has 0 fully saturated rings. The molecule has 252 valence electrons. The maximum atomic E-state index is 14.6. The van der Waals surface area contributed by atoms with Crippen LogP contribution < -0.4 is 14.8 Å². The molecule has 0 saturated carbocycles. The van der Waals surface area contributed by atoms with Crippen LogP contribution in [-0.4, -0.2) is 49.3 Å². The second-order valence-electron chi connectivity index (χ2n) is 12.7. The van der Waals surface area contributed by atoms with Crippen LogP contribution in [0.5, 0.6) is 5.88 Å². The number of fused-ring (bicyclic) bond motifs is 1. The summed E-state index contributed by atoms with van der Waals surface area (Å²) in [7, 11) is 0. The lowest BCUT2D eigenvalue weighted by Crippen LogP contribution is -2.36. The van der Waals surface area contributed by atoms with Gasteiger partial charge < -0.3 is 19.6 Å². The van der Waals surface area contributed by atoms with Crippen molar-refractivity contribution in [1.29, 1.82) is 0 Å². The maximum Gasteiger partial charge on any atom is 0.335 e. The third-order valence-corrected chi connectivity index (χ3v) is 8.52. The Morgan fingerprint density at radius 2 is 1.81 bits per heavy atom. The van der Waals surface area contributed by atoms with E-state index in [2.05, 4.69) is 33.9 Å². The number of hydrogen-bond donors (Lipinski definition) is 3. The maximum absolute atomic E-state index is 14.6. The zero-order valence-corrected chi connectivity index (χ0v) is 28.8. The van der Waals surface area contributed by atoms with Crippen molar-refractivity contribution in [2.45, 2.75) is 83.5 Å². The minimum absolute atomic E-state index is 0.182. The second kappa shape index (κ2) is 15.1. The summed E-state index contributed by atoms with van der Waals surface area (Å²) in [5.74, 6) is 0.697. The quantitative estimate of drug-likeness (QED) is 0.0927. The molecular formula is C36H41FN6O4S. The number of carboxylic acids is 1. The van der Waals surface area contributed by atoms with E-state index in [-0.39, 0.29) is 24.1 Å². The number of furan rings is 1. The predicted octanol–water partition coefficient (Wildman–Crippen LogP) is 8.30. The number of carboxylic acid groups (broad SMARTS) is 1. The molecule has 2 aromatic carbocycles. The highest BCUT2D eigenvalue weighted by Crippen LogP contribution is 2.30. The summed E-state index contributed by atoms with van der Waals surface area (Å²) in [6, 6.07) is 16.1.